The molecule has 1 aromatic heterocycles. The number of benzene rings is 1. The Kier molecular flexibility index (Phi) is 2.26. The summed E-state index contributed by atoms with van der Waals surface area (Å²) in [5.41, 5.74) is 0.0235. The van der Waals surface area contributed by atoms with Crippen molar-refractivity contribution in [2.75, 3.05) is 0 Å². The van der Waals surface area contributed by atoms with Crippen molar-refractivity contribution in [1.29, 1.82) is 0 Å². The van der Waals surface area contributed by atoms with Crippen LogP contribution in [0.5, 0.6) is 0 Å². The molecule has 15 heavy (non-hydrogen) atoms. The van der Waals surface area contributed by atoms with E-state index in [1.807, 2.05) is 12.1 Å². The predicted molar refractivity (Wildman–Crippen MR) is 61.9 cm³/mol. The second kappa shape index (κ2) is 3.58. The zero-order valence-corrected chi connectivity index (χ0v) is 8.19. The average Bonchev–Trinajstić information content (AvgIpc) is 2.24. The summed E-state index contributed by atoms with van der Waals surface area (Å²) in [4.78, 5) is 11.5. The number of allylic oxidation sites excluding steroid dienone is 1. The van der Waals surface area contributed by atoms with Gasteiger partial charge < -0.3 is 4.42 Å². The van der Waals surface area contributed by atoms with Crippen LogP contribution in [-0.4, -0.2) is 0 Å². The number of rotatable bonds is 1. The summed E-state index contributed by atoms with van der Waals surface area (Å²) < 4.78 is 5.03. The lowest BCUT2D eigenvalue weighted by atomic mass is 10.1. The standard InChI is InChI=1S/C13H10O2/c1-3-6-10-9(2)15-13(14)12-8-5-4-7-11(10)12/h3-8H,1-2H2/b10-6+. The lowest BCUT2D eigenvalue weighted by molar-refractivity contribution is 0.484. The number of fused-ring (bicyclic) bond motifs is 1. The normalized spacial score (nSPS) is 11.9. The highest BCUT2D eigenvalue weighted by molar-refractivity contribution is 5.82. The molecule has 0 saturated heterocycles. The van der Waals surface area contributed by atoms with Crippen molar-refractivity contribution >= 4 is 23.4 Å². The second-order valence-corrected chi connectivity index (χ2v) is 3.17. The molecule has 2 heteroatoms. The summed E-state index contributed by atoms with van der Waals surface area (Å²) in [6.45, 7) is 7.33. The Morgan fingerprint density at radius 1 is 1.20 bits per heavy atom. The first-order chi connectivity index (χ1) is 7.24. The maximum Gasteiger partial charge on any atom is 0.344 e. The van der Waals surface area contributed by atoms with Gasteiger partial charge >= 0.3 is 5.63 Å². The molecule has 2 rings (SSSR count). The van der Waals surface area contributed by atoms with Crippen LogP contribution in [-0.2, 0) is 0 Å². The topological polar surface area (TPSA) is 30.2 Å². The van der Waals surface area contributed by atoms with Gasteiger partial charge in [-0.2, -0.15) is 0 Å². The molecule has 0 fully saturated rings. The average molecular weight is 198 g/mol. The largest absolute Gasteiger partial charge is 0.423 e. The summed E-state index contributed by atoms with van der Waals surface area (Å²) in [5.74, 6) is 0. The fourth-order valence-corrected chi connectivity index (χ4v) is 1.57. The van der Waals surface area contributed by atoms with Gasteiger partial charge in [-0.25, -0.2) is 4.79 Å². The molecule has 0 aliphatic rings. The first-order valence-electron chi connectivity index (χ1n) is 4.57. The molecule has 0 spiro atoms. The zero-order valence-electron chi connectivity index (χ0n) is 8.19. The molecule has 0 N–H and O–H groups in total. The Balaban J connectivity index is 3.18. The first-order valence-corrected chi connectivity index (χ1v) is 4.57. The second-order valence-electron chi connectivity index (χ2n) is 3.17. The van der Waals surface area contributed by atoms with Crippen LogP contribution in [0.3, 0.4) is 0 Å². The van der Waals surface area contributed by atoms with E-state index in [0.717, 1.165) is 10.6 Å². The van der Waals surface area contributed by atoms with Crippen molar-refractivity contribution in [3.05, 3.63) is 58.0 Å². The Morgan fingerprint density at radius 3 is 2.53 bits per heavy atom. The molecule has 2 aromatic rings. The number of hydrogen-bond donors (Lipinski definition) is 0. The Morgan fingerprint density at radius 2 is 1.87 bits per heavy atom. The zero-order chi connectivity index (χ0) is 10.8. The summed E-state index contributed by atoms with van der Waals surface area (Å²) in [7, 11) is 0. The summed E-state index contributed by atoms with van der Waals surface area (Å²) in [5, 5.41) is 2.22. The van der Waals surface area contributed by atoms with Crippen molar-refractivity contribution in [3.63, 3.8) is 0 Å². The van der Waals surface area contributed by atoms with Crippen LogP contribution >= 0.6 is 0 Å². The molecule has 1 heterocycles. The molecule has 0 atom stereocenters. The predicted octanol–water partition coefficient (Wildman–Crippen LogP) is 1.17. The van der Waals surface area contributed by atoms with Gasteiger partial charge in [0.2, 0.25) is 0 Å². The molecular formula is C13H10O2. The van der Waals surface area contributed by atoms with Gasteiger partial charge in [-0.15, -0.1) is 0 Å². The summed E-state index contributed by atoms with van der Waals surface area (Å²) in [6.07, 6.45) is 3.43. The third-order valence-electron chi connectivity index (χ3n) is 2.24. The molecule has 0 amide bonds. The highest BCUT2D eigenvalue weighted by Crippen LogP contribution is 2.01. The molecule has 0 unspecified atom stereocenters. The van der Waals surface area contributed by atoms with Gasteiger partial charge in [0.05, 0.1) is 5.39 Å². The number of hydrogen-bond acceptors (Lipinski definition) is 2. The van der Waals surface area contributed by atoms with E-state index >= 15 is 0 Å². The fourth-order valence-electron chi connectivity index (χ4n) is 1.57. The van der Waals surface area contributed by atoms with Crippen LogP contribution in [0.1, 0.15) is 0 Å². The quantitative estimate of drug-likeness (QED) is 0.688. The molecular weight excluding hydrogens is 188 g/mol. The van der Waals surface area contributed by atoms with E-state index in [1.165, 1.54) is 0 Å². The van der Waals surface area contributed by atoms with Crippen molar-refractivity contribution in [1.82, 2.24) is 0 Å². The maximum absolute atomic E-state index is 11.5. The van der Waals surface area contributed by atoms with E-state index < -0.39 is 0 Å². The van der Waals surface area contributed by atoms with Gasteiger partial charge in [-0.05, 0) is 11.5 Å². The third-order valence-corrected chi connectivity index (χ3v) is 2.24. The maximum atomic E-state index is 11.5. The van der Waals surface area contributed by atoms with Crippen LogP contribution in [0, 0.1) is 0 Å². The van der Waals surface area contributed by atoms with Crippen LogP contribution in [0.25, 0.3) is 23.4 Å². The van der Waals surface area contributed by atoms with E-state index in [1.54, 1.807) is 24.3 Å². The molecule has 0 radical (unpaired) electrons. The van der Waals surface area contributed by atoms with E-state index in [0.29, 0.717) is 10.8 Å². The molecule has 74 valence electrons. The smallest absolute Gasteiger partial charge is 0.344 e. The van der Waals surface area contributed by atoms with Crippen LogP contribution < -0.4 is 16.3 Å². The van der Waals surface area contributed by atoms with Gasteiger partial charge in [0, 0.05) is 5.22 Å². The molecule has 0 aliphatic heterocycles. The van der Waals surface area contributed by atoms with E-state index in [9.17, 15) is 4.79 Å². The van der Waals surface area contributed by atoms with Crippen molar-refractivity contribution in [3.8, 4) is 0 Å². The lowest BCUT2D eigenvalue weighted by Crippen LogP contribution is -2.28. The van der Waals surface area contributed by atoms with Gasteiger partial charge in [0.25, 0.3) is 0 Å². The highest BCUT2D eigenvalue weighted by Gasteiger charge is 2.00. The van der Waals surface area contributed by atoms with Crippen LogP contribution in [0.4, 0.5) is 0 Å². The van der Waals surface area contributed by atoms with Gasteiger partial charge in [0.15, 0.2) is 0 Å². The van der Waals surface area contributed by atoms with Gasteiger partial charge in [0.1, 0.15) is 5.42 Å². The minimum Gasteiger partial charge on any atom is -0.423 e. The fraction of sp³-hybridized carbons (Fsp3) is 0. The first kappa shape index (κ1) is 9.46. The van der Waals surface area contributed by atoms with Crippen molar-refractivity contribution in [2.45, 2.75) is 0 Å². The van der Waals surface area contributed by atoms with E-state index in [4.69, 9.17) is 4.42 Å². The molecule has 0 bridgehead atoms. The molecule has 0 aliphatic carbocycles. The van der Waals surface area contributed by atoms with Gasteiger partial charge in [-0.1, -0.05) is 43.5 Å². The summed E-state index contributed by atoms with van der Waals surface area (Å²) in [6, 6.07) is 7.29. The molecule has 1 aromatic carbocycles. The Hall–Kier alpha value is -2.09. The summed E-state index contributed by atoms with van der Waals surface area (Å²) >= 11 is 0. The molecule has 0 saturated carbocycles. The van der Waals surface area contributed by atoms with Crippen LogP contribution in [0.15, 0.2) is 46.1 Å². The highest BCUT2D eigenvalue weighted by atomic mass is 16.4. The SMILES string of the molecule is C=C/C=c1\c(=C)oc(=O)c2ccccc12. The van der Waals surface area contributed by atoms with Gasteiger partial charge in [-0.3, -0.25) is 0 Å². The third kappa shape index (κ3) is 1.50. The minimum absolute atomic E-state index is 0.350. The Labute approximate surface area is 86.5 Å². The van der Waals surface area contributed by atoms with Crippen LogP contribution in [0.2, 0.25) is 0 Å². The lowest BCUT2D eigenvalue weighted by Gasteiger charge is -1.96. The van der Waals surface area contributed by atoms with E-state index in [2.05, 4.69) is 13.2 Å². The van der Waals surface area contributed by atoms with E-state index in [-0.39, 0.29) is 5.63 Å². The van der Waals surface area contributed by atoms with Crippen molar-refractivity contribution < 1.29 is 4.42 Å². The molecule has 2 nitrogen and oxygen atoms in total. The Bertz CT molecular complexity index is 678. The van der Waals surface area contributed by atoms with Crippen molar-refractivity contribution in [2.24, 2.45) is 0 Å². The monoisotopic (exact) mass is 198 g/mol. The minimum atomic E-state index is -0.350.